The van der Waals surface area contributed by atoms with Crippen LogP contribution >= 0.6 is 11.6 Å². The van der Waals surface area contributed by atoms with Crippen molar-refractivity contribution < 1.29 is 0 Å². The first kappa shape index (κ1) is 23.3. The average molecular weight is 506 g/mol. The van der Waals surface area contributed by atoms with Crippen LogP contribution in [0.15, 0.2) is 30.5 Å². The number of fused-ring (bicyclic) bond motifs is 5. The third kappa shape index (κ3) is 3.93. The van der Waals surface area contributed by atoms with Crippen molar-refractivity contribution in [3.05, 3.63) is 35.5 Å². The molecule has 1 unspecified atom stereocenters. The fourth-order valence-corrected chi connectivity index (χ4v) is 8.99. The number of nitrogens with zero attached hydrogens (tertiary/aromatic N) is 5. The van der Waals surface area contributed by atoms with Crippen molar-refractivity contribution in [3.8, 4) is 11.5 Å². The molecule has 3 aromatic rings. The Labute approximate surface area is 220 Å². The average Bonchev–Trinajstić information content (AvgIpc) is 3.36. The first-order chi connectivity index (χ1) is 17.5. The lowest BCUT2D eigenvalue weighted by Crippen LogP contribution is -2.60. The minimum atomic E-state index is 0.436. The number of aromatic nitrogens is 4. The molecule has 4 fully saturated rings. The van der Waals surface area contributed by atoms with Crippen molar-refractivity contribution in [3.63, 3.8) is 0 Å². The number of aryl methyl sites for hydroxylation is 1. The predicted molar refractivity (Wildman–Crippen MR) is 146 cm³/mol. The Morgan fingerprint density at radius 1 is 0.861 bits per heavy atom. The number of imidazole rings is 1. The van der Waals surface area contributed by atoms with Gasteiger partial charge in [-0.3, -0.25) is 9.58 Å². The highest BCUT2D eigenvalue weighted by atomic mass is 35.5. The van der Waals surface area contributed by atoms with E-state index >= 15 is 0 Å². The molecule has 5 nitrogen and oxygen atoms in total. The monoisotopic (exact) mass is 505 g/mol. The van der Waals surface area contributed by atoms with E-state index in [0.29, 0.717) is 23.1 Å². The van der Waals surface area contributed by atoms with Gasteiger partial charge in [-0.1, -0.05) is 56.3 Å². The molecule has 4 aliphatic rings. The maximum absolute atomic E-state index is 6.68. The molecule has 7 atom stereocenters. The molecule has 2 saturated heterocycles. The van der Waals surface area contributed by atoms with Crippen molar-refractivity contribution in [2.45, 2.75) is 102 Å². The highest BCUT2D eigenvalue weighted by Gasteiger charge is 2.47. The summed E-state index contributed by atoms with van der Waals surface area (Å²) in [6, 6.07) is 11.2. The first-order valence-electron chi connectivity index (χ1n) is 14.5. The molecule has 0 amide bonds. The highest BCUT2D eigenvalue weighted by Crippen LogP contribution is 2.49. The first-order valence-corrected chi connectivity index (χ1v) is 14.9. The van der Waals surface area contributed by atoms with Gasteiger partial charge in [-0.25, -0.2) is 4.98 Å². The van der Waals surface area contributed by atoms with E-state index in [1.54, 1.807) is 0 Å². The second-order valence-electron chi connectivity index (χ2n) is 12.5. The molecule has 1 aromatic carbocycles. The van der Waals surface area contributed by atoms with E-state index in [1.165, 1.54) is 76.1 Å². The van der Waals surface area contributed by atoms with Gasteiger partial charge in [0.25, 0.3) is 0 Å². The third-order valence-electron chi connectivity index (χ3n) is 10.2. The van der Waals surface area contributed by atoms with Crippen LogP contribution < -0.4 is 0 Å². The van der Waals surface area contributed by atoms with Gasteiger partial charge >= 0.3 is 0 Å². The maximum Gasteiger partial charge on any atom is 0.163 e. The molecule has 4 bridgehead atoms. The number of para-hydroxylation sites is 2. The van der Waals surface area contributed by atoms with Crippen molar-refractivity contribution in [1.29, 1.82) is 0 Å². The van der Waals surface area contributed by atoms with Gasteiger partial charge in [-0.05, 0) is 74.8 Å². The molecule has 2 aliphatic heterocycles. The molecular formula is C30H40ClN5. The van der Waals surface area contributed by atoms with Crippen LogP contribution in [-0.2, 0) is 7.05 Å². The summed E-state index contributed by atoms with van der Waals surface area (Å²) < 4.78 is 4.32. The number of benzene rings is 1. The molecule has 192 valence electrons. The number of rotatable bonds is 3. The standard InChI is InChI=1S/C30H40ClN5/c1-19-11-12-22-16-24(17-28(19)35(22)23-14-20-7-3-4-8-21(13-20)15-23)36-27-10-6-5-9-26(27)32-30(36)29-25(31)18-34(2)33-29/h5-6,9-10,18-24,28H,3-4,7-8,11-17H2,1-2H3/t19-,20-,21+,22+,23?,24-,28+/m1/s1. The molecule has 7 rings (SSSR count). The lowest BCUT2D eigenvalue weighted by Gasteiger charge is -2.56. The minimum Gasteiger partial charge on any atom is -0.319 e. The largest absolute Gasteiger partial charge is 0.319 e. The zero-order valence-electron chi connectivity index (χ0n) is 21.8. The fraction of sp³-hybridized carbons (Fsp3) is 0.667. The van der Waals surface area contributed by atoms with Crippen LogP contribution in [0.1, 0.15) is 83.6 Å². The summed E-state index contributed by atoms with van der Waals surface area (Å²) in [5, 5.41) is 5.42. The van der Waals surface area contributed by atoms with Crippen LogP contribution in [0, 0.1) is 17.8 Å². The molecular weight excluding hydrogens is 466 g/mol. The predicted octanol–water partition coefficient (Wildman–Crippen LogP) is 7.25. The molecule has 0 N–H and O–H groups in total. The zero-order chi connectivity index (χ0) is 24.4. The topological polar surface area (TPSA) is 38.9 Å². The van der Waals surface area contributed by atoms with E-state index in [0.717, 1.165) is 40.8 Å². The van der Waals surface area contributed by atoms with Crippen LogP contribution in [0.5, 0.6) is 0 Å². The van der Waals surface area contributed by atoms with E-state index in [9.17, 15) is 0 Å². The molecule has 4 heterocycles. The molecule has 6 heteroatoms. The Hall–Kier alpha value is -1.85. The molecule has 2 aliphatic carbocycles. The van der Waals surface area contributed by atoms with Crippen LogP contribution in [0.4, 0.5) is 0 Å². The Morgan fingerprint density at radius 3 is 2.39 bits per heavy atom. The van der Waals surface area contributed by atoms with Crippen LogP contribution in [0.2, 0.25) is 5.02 Å². The van der Waals surface area contributed by atoms with Crippen LogP contribution in [0.3, 0.4) is 0 Å². The number of hydrogen-bond donors (Lipinski definition) is 0. The fourth-order valence-electron chi connectivity index (χ4n) is 8.73. The summed E-state index contributed by atoms with van der Waals surface area (Å²) in [6.07, 6.45) is 17.3. The SMILES string of the molecule is C[C@@H]1CC[C@H]2C[C@@H](n3c(-c4nn(C)cc4Cl)nc4ccccc43)C[C@@H]1N2C1C[C@H]2CCCC[C@@H](C1)C2. The molecule has 2 aromatic heterocycles. The maximum atomic E-state index is 6.68. The van der Waals surface area contributed by atoms with E-state index in [4.69, 9.17) is 21.7 Å². The summed E-state index contributed by atoms with van der Waals surface area (Å²) in [5.74, 6) is 3.64. The summed E-state index contributed by atoms with van der Waals surface area (Å²) in [5.41, 5.74) is 3.08. The highest BCUT2D eigenvalue weighted by molar-refractivity contribution is 6.32. The number of hydrogen-bond acceptors (Lipinski definition) is 3. The van der Waals surface area contributed by atoms with E-state index in [-0.39, 0.29) is 0 Å². The number of halogens is 1. The Kier molecular flexibility index (Phi) is 5.93. The molecule has 2 saturated carbocycles. The Balaban J connectivity index is 1.25. The van der Waals surface area contributed by atoms with Gasteiger partial charge in [0.15, 0.2) is 5.82 Å². The van der Waals surface area contributed by atoms with Crippen molar-refractivity contribution >= 4 is 22.6 Å². The number of piperidine rings is 2. The Bertz CT molecular complexity index is 1230. The van der Waals surface area contributed by atoms with Crippen LogP contribution in [-0.4, -0.2) is 42.4 Å². The summed E-state index contributed by atoms with van der Waals surface area (Å²) in [6.45, 7) is 2.52. The third-order valence-corrected chi connectivity index (χ3v) is 10.5. The van der Waals surface area contributed by atoms with Gasteiger partial charge in [0, 0.05) is 37.4 Å². The Morgan fingerprint density at radius 2 is 1.64 bits per heavy atom. The van der Waals surface area contributed by atoms with Gasteiger partial charge in [0.2, 0.25) is 0 Å². The zero-order valence-corrected chi connectivity index (χ0v) is 22.6. The quantitative estimate of drug-likeness (QED) is 0.376. The van der Waals surface area contributed by atoms with Gasteiger partial charge in [-0.15, -0.1) is 0 Å². The summed E-state index contributed by atoms with van der Waals surface area (Å²) in [7, 11) is 1.94. The van der Waals surface area contributed by atoms with Crippen molar-refractivity contribution in [1.82, 2.24) is 24.2 Å². The summed E-state index contributed by atoms with van der Waals surface area (Å²) >= 11 is 6.68. The van der Waals surface area contributed by atoms with Gasteiger partial charge in [0.05, 0.1) is 16.1 Å². The van der Waals surface area contributed by atoms with E-state index in [1.807, 2.05) is 17.9 Å². The van der Waals surface area contributed by atoms with Crippen molar-refractivity contribution in [2.24, 2.45) is 24.8 Å². The second-order valence-corrected chi connectivity index (χ2v) is 12.9. The molecule has 0 radical (unpaired) electrons. The van der Waals surface area contributed by atoms with Crippen LogP contribution in [0.25, 0.3) is 22.6 Å². The molecule has 0 spiro atoms. The normalized spacial score (nSPS) is 35.1. The van der Waals surface area contributed by atoms with Gasteiger partial charge in [0.1, 0.15) is 5.69 Å². The lowest BCUT2D eigenvalue weighted by atomic mass is 9.71. The van der Waals surface area contributed by atoms with Crippen molar-refractivity contribution in [2.75, 3.05) is 0 Å². The molecule has 36 heavy (non-hydrogen) atoms. The van der Waals surface area contributed by atoms with E-state index < -0.39 is 0 Å². The minimum absolute atomic E-state index is 0.436. The summed E-state index contributed by atoms with van der Waals surface area (Å²) in [4.78, 5) is 8.16. The van der Waals surface area contributed by atoms with E-state index in [2.05, 4.69) is 40.7 Å². The van der Waals surface area contributed by atoms with Gasteiger partial charge < -0.3 is 4.57 Å². The van der Waals surface area contributed by atoms with Gasteiger partial charge in [-0.2, -0.15) is 5.10 Å². The second kappa shape index (κ2) is 9.16. The lowest BCUT2D eigenvalue weighted by molar-refractivity contribution is -0.0637. The smallest absolute Gasteiger partial charge is 0.163 e.